The van der Waals surface area contributed by atoms with Crippen molar-refractivity contribution in [2.45, 2.75) is 4.90 Å². The lowest BCUT2D eigenvalue weighted by atomic mass is 10.3. The topological polar surface area (TPSA) is 0 Å². The van der Waals surface area contributed by atoms with Crippen LogP contribution < -0.4 is 0 Å². The van der Waals surface area contributed by atoms with Crippen LogP contribution in [-0.2, 0) is 0 Å². The minimum atomic E-state index is 1.35. The highest BCUT2D eigenvalue weighted by Gasteiger charge is 2.06. The van der Waals surface area contributed by atoms with Gasteiger partial charge in [0, 0.05) is 18.6 Å². The van der Waals surface area contributed by atoms with Crippen molar-refractivity contribution in [3.05, 3.63) is 24.7 Å². The molecule has 0 aliphatic carbocycles. The van der Waals surface area contributed by atoms with Crippen molar-refractivity contribution in [1.29, 1.82) is 0 Å². The zero-order valence-corrected chi connectivity index (χ0v) is 12.8. The van der Waals surface area contributed by atoms with Gasteiger partial charge in [0.05, 0.1) is 2.88 Å². The minimum Gasteiger partial charge on any atom is -0.130 e. The van der Waals surface area contributed by atoms with Gasteiger partial charge in [-0.3, -0.25) is 0 Å². The molecule has 0 nitrogen and oxygen atoms in total. The predicted molar refractivity (Wildman–Crippen MR) is 79.0 cm³/mol. The van der Waals surface area contributed by atoms with Gasteiger partial charge in [0.1, 0.15) is 0 Å². The van der Waals surface area contributed by atoms with E-state index in [1.54, 1.807) is 11.8 Å². The van der Waals surface area contributed by atoms with Crippen molar-refractivity contribution >= 4 is 78.4 Å². The Bertz CT molecular complexity index is 448. The number of benzene rings is 1. The van der Waals surface area contributed by atoms with Crippen LogP contribution in [0.15, 0.2) is 23.1 Å². The van der Waals surface area contributed by atoms with Gasteiger partial charge in [-0.1, -0.05) is 6.07 Å². The molecule has 0 N–H and O–H groups in total. The van der Waals surface area contributed by atoms with Gasteiger partial charge in [0.2, 0.25) is 0 Å². The number of fused-ring (bicyclic) bond motifs is 1. The molecule has 0 saturated carbocycles. The van der Waals surface area contributed by atoms with E-state index in [9.17, 15) is 0 Å². The van der Waals surface area contributed by atoms with Crippen molar-refractivity contribution in [3.63, 3.8) is 0 Å². The van der Waals surface area contributed by atoms with Gasteiger partial charge >= 0.3 is 0 Å². The lowest BCUT2D eigenvalue weighted by molar-refractivity contribution is 1.53. The summed E-state index contributed by atoms with van der Waals surface area (Å²) in [7, 11) is 0. The fourth-order valence-electron chi connectivity index (χ4n) is 1.14. The highest BCUT2D eigenvalue weighted by atomic mass is 127. The number of hydrogen-bond acceptors (Lipinski definition) is 2. The molecule has 1 aromatic heterocycles. The van der Waals surface area contributed by atoms with Gasteiger partial charge in [0.25, 0.3) is 0 Å². The van der Waals surface area contributed by atoms with E-state index >= 15 is 0 Å². The number of hydrogen-bond donors (Lipinski definition) is 0. The molecular weight excluding hydrogens is 426 g/mol. The van der Waals surface area contributed by atoms with Crippen LogP contribution in [0.25, 0.3) is 10.1 Å². The highest BCUT2D eigenvalue weighted by molar-refractivity contribution is 14.1. The minimum absolute atomic E-state index is 1.35. The van der Waals surface area contributed by atoms with Crippen molar-refractivity contribution < 1.29 is 0 Å². The maximum Gasteiger partial charge on any atom is 0.0799 e. The van der Waals surface area contributed by atoms with Crippen molar-refractivity contribution in [1.82, 2.24) is 0 Å². The molecule has 13 heavy (non-hydrogen) atoms. The number of rotatable bonds is 1. The molecule has 0 saturated heterocycles. The van der Waals surface area contributed by atoms with Crippen LogP contribution in [0, 0.1) is 6.45 Å². The van der Waals surface area contributed by atoms with Gasteiger partial charge in [-0.05, 0) is 63.6 Å². The second-order valence-corrected chi connectivity index (χ2v) is 7.37. The van der Waals surface area contributed by atoms with Gasteiger partial charge in [-0.2, -0.15) is 0 Å². The first-order chi connectivity index (χ1) is 6.22. The maximum atomic E-state index is 2.42. The van der Waals surface area contributed by atoms with Crippen molar-refractivity contribution in [3.8, 4) is 0 Å². The van der Waals surface area contributed by atoms with Gasteiger partial charge in [0.15, 0.2) is 0 Å². The summed E-state index contributed by atoms with van der Waals surface area (Å²) in [6.45, 7) is 0. The normalized spacial score (nSPS) is 11.0. The molecule has 68 valence electrons. The molecule has 4 heteroatoms. The molecule has 0 amide bonds. The third-order valence-corrected chi connectivity index (χ3v) is 7.18. The first kappa shape index (κ1) is 10.5. The quantitative estimate of drug-likeness (QED) is 0.460. The van der Waals surface area contributed by atoms with Gasteiger partial charge in [-0.15, -0.1) is 23.1 Å². The summed E-state index contributed by atoms with van der Waals surface area (Å²) >= 11 is 8.50. The highest BCUT2D eigenvalue weighted by Crippen LogP contribution is 2.35. The van der Waals surface area contributed by atoms with E-state index in [4.69, 9.17) is 0 Å². The number of thioether (sulfide) groups is 1. The molecule has 0 bridgehead atoms. The largest absolute Gasteiger partial charge is 0.130 e. The second-order valence-electron chi connectivity index (χ2n) is 2.55. The summed E-state index contributed by atoms with van der Waals surface area (Å²) in [5.74, 6) is 0. The number of halogens is 2. The zero-order valence-electron chi connectivity index (χ0n) is 6.80. The molecule has 0 radical (unpaired) electrons. The molecule has 0 fully saturated rings. The molecule has 2 aromatic rings. The molecule has 0 aliphatic heterocycles. The molecule has 0 aliphatic rings. The van der Waals surface area contributed by atoms with Gasteiger partial charge in [-0.25, -0.2) is 0 Å². The average molecular weight is 432 g/mol. The molecular formula is C9H6I2S2. The van der Waals surface area contributed by atoms with Gasteiger partial charge < -0.3 is 0 Å². The first-order valence-electron chi connectivity index (χ1n) is 3.64. The van der Waals surface area contributed by atoms with Crippen LogP contribution in [-0.4, -0.2) is 6.26 Å². The monoisotopic (exact) mass is 432 g/mol. The summed E-state index contributed by atoms with van der Waals surface area (Å²) in [5, 5.41) is 1.40. The molecule has 0 unspecified atom stereocenters. The van der Waals surface area contributed by atoms with Crippen molar-refractivity contribution in [2.75, 3.05) is 6.26 Å². The molecule has 1 heterocycles. The third-order valence-electron chi connectivity index (χ3n) is 1.80. The Morgan fingerprint density at radius 1 is 1.31 bits per heavy atom. The molecule has 0 atom stereocenters. The molecule has 2 rings (SSSR count). The molecule has 1 aromatic carbocycles. The average Bonchev–Trinajstić information content (AvgIpc) is 2.42. The van der Waals surface area contributed by atoms with Crippen LogP contribution in [0.5, 0.6) is 0 Å². The van der Waals surface area contributed by atoms with Crippen LogP contribution in [0.3, 0.4) is 0 Å². The SMILES string of the molecule is CSc1ccc2c(I)c(I)sc2c1. The van der Waals surface area contributed by atoms with E-state index in [2.05, 4.69) is 69.6 Å². The Hall–Kier alpha value is 0.990. The first-order valence-corrected chi connectivity index (χ1v) is 7.84. The maximum absolute atomic E-state index is 2.42. The lowest BCUT2D eigenvalue weighted by Crippen LogP contribution is -1.70. The van der Waals surface area contributed by atoms with E-state index in [-0.39, 0.29) is 0 Å². The van der Waals surface area contributed by atoms with Crippen LogP contribution in [0.4, 0.5) is 0 Å². The lowest BCUT2D eigenvalue weighted by Gasteiger charge is -1.95. The zero-order chi connectivity index (χ0) is 9.42. The smallest absolute Gasteiger partial charge is 0.0799 e. The molecule has 0 spiro atoms. The number of thiophene rings is 1. The second kappa shape index (κ2) is 4.24. The Kier molecular flexibility index (Phi) is 3.43. The fraction of sp³-hybridized carbons (Fsp3) is 0.111. The van der Waals surface area contributed by atoms with E-state index in [1.807, 2.05) is 11.3 Å². The fourth-order valence-corrected chi connectivity index (χ4v) is 4.50. The summed E-state index contributed by atoms with van der Waals surface area (Å²) in [6.07, 6.45) is 2.12. The van der Waals surface area contributed by atoms with E-state index < -0.39 is 0 Å². The van der Waals surface area contributed by atoms with E-state index in [1.165, 1.54) is 21.4 Å². The van der Waals surface area contributed by atoms with E-state index in [0.717, 1.165) is 0 Å². The van der Waals surface area contributed by atoms with Crippen LogP contribution in [0.2, 0.25) is 0 Å². The standard InChI is InChI=1S/C9H6I2S2/c1-12-5-2-3-6-7(4-5)13-9(11)8(6)10/h2-4H,1H3. The predicted octanol–water partition coefficient (Wildman–Crippen LogP) is 4.83. The summed E-state index contributed by atoms with van der Waals surface area (Å²) in [5.41, 5.74) is 0. The third kappa shape index (κ3) is 2.00. The summed E-state index contributed by atoms with van der Waals surface area (Å²) < 4.78 is 4.19. The Balaban J connectivity index is 2.73. The summed E-state index contributed by atoms with van der Waals surface area (Å²) in [6, 6.07) is 6.69. The van der Waals surface area contributed by atoms with Crippen LogP contribution in [0.1, 0.15) is 0 Å². The Morgan fingerprint density at radius 3 is 2.77 bits per heavy atom. The van der Waals surface area contributed by atoms with E-state index in [0.29, 0.717) is 0 Å². The summed E-state index contributed by atoms with van der Waals surface area (Å²) in [4.78, 5) is 1.35. The Labute approximate surface area is 113 Å². The van der Waals surface area contributed by atoms with Crippen LogP contribution >= 0.6 is 68.3 Å². The Morgan fingerprint density at radius 2 is 2.08 bits per heavy atom. The van der Waals surface area contributed by atoms with Crippen molar-refractivity contribution in [2.24, 2.45) is 0 Å².